The zero-order chi connectivity index (χ0) is 13.7. The van der Waals surface area contributed by atoms with Crippen molar-refractivity contribution in [1.29, 1.82) is 10.5 Å². The van der Waals surface area contributed by atoms with Gasteiger partial charge in [0.1, 0.15) is 17.8 Å². The molecule has 1 N–H and O–H groups in total. The lowest BCUT2D eigenvalue weighted by Gasteiger charge is -2.05. The first-order valence-corrected chi connectivity index (χ1v) is 5.41. The first-order chi connectivity index (χ1) is 9.24. The summed E-state index contributed by atoms with van der Waals surface area (Å²) in [5, 5.41) is 20.2. The van der Waals surface area contributed by atoms with Gasteiger partial charge in [-0.25, -0.2) is 4.98 Å². The standard InChI is InChI=1S/C14H8N4O/c15-7-10-5-6-13(17-9-10)14(19)18-12-4-2-1-3-11(12)8-16/h1-6,9H,(H,18,19). The van der Waals surface area contributed by atoms with Crippen LogP contribution in [0.5, 0.6) is 0 Å². The Hall–Kier alpha value is -3.18. The first kappa shape index (κ1) is 12.3. The van der Waals surface area contributed by atoms with Gasteiger partial charge in [-0.3, -0.25) is 4.79 Å². The monoisotopic (exact) mass is 248 g/mol. The van der Waals surface area contributed by atoms with Gasteiger partial charge in [-0.05, 0) is 24.3 Å². The minimum Gasteiger partial charge on any atom is -0.319 e. The van der Waals surface area contributed by atoms with Crippen LogP contribution in [0.15, 0.2) is 42.6 Å². The molecule has 19 heavy (non-hydrogen) atoms. The average molecular weight is 248 g/mol. The molecule has 0 fully saturated rings. The van der Waals surface area contributed by atoms with Crippen LogP contribution in [0.25, 0.3) is 0 Å². The number of para-hydroxylation sites is 1. The first-order valence-electron chi connectivity index (χ1n) is 5.41. The summed E-state index contributed by atoms with van der Waals surface area (Å²) in [6, 6.07) is 13.6. The highest BCUT2D eigenvalue weighted by Gasteiger charge is 2.09. The van der Waals surface area contributed by atoms with E-state index in [1.165, 1.54) is 18.3 Å². The molecule has 5 heteroatoms. The SMILES string of the molecule is N#Cc1ccc(C(=O)Nc2ccccc2C#N)nc1. The highest BCUT2D eigenvalue weighted by atomic mass is 16.1. The fourth-order valence-electron chi connectivity index (χ4n) is 1.47. The third kappa shape index (κ3) is 2.74. The summed E-state index contributed by atoms with van der Waals surface area (Å²) in [4.78, 5) is 15.8. The van der Waals surface area contributed by atoms with Crippen molar-refractivity contribution in [3.8, 4) is 12.1 Å². The van der Waals surface area contributed by atoms with E-state index in [1.807, 2.05) is 12.1 Å². The summed E-state index contributed by atoms with van der Waals surface area (Å²) in [6.45, 7) is 0. The number of pyridine rings is 1. The van der Waals surface area contributed by atoms with Gasteiger partial charge in [-0.1, -0.05) is 12.1 Å². The fraction of sp³-hybridized carbons (Fsp3) is 0. The Balaban J connectivity index is 2.21. The minimum absolute atomic E-state index is 0.187. The van der Waals surface area contributed by atoms with Gasteiger partial charge < -0.3 is 5.32 Å². The van der Waals surface area contributed by atoms with Gasteiger partial charge in [-0.15, -0.1) is 0 Å². The van der Waals surface area contributed by atoms with Gasteiger partial charge in [0.15, 0.2) is 0 Å². The Bertz CT molecular complexity index is 693. The van der Waals surface area contributed by atoms with E-state index in [9.17, 15) is 4.79 Å². The lowest BCUT2D eigenvalue weighted by molar-refractivity contribution is 0.102. The molecule has 0 saturated carbocycles. The van der Waals surface area contributed by atoms with E-state index in [2.05, 4.69) is 10.3 Å². The van der Waals surface area contributed by atoms with Gasteiger partial charge in [-0.2, -0.15) is 10.5 Å². The molecule has 0 unspecified atom stereocenters. The number of nitrogens with zero attached hydrogens (tertiary/aromatic N) is 3. The molecule has 1 aromatic carbocycles. The molecular formula is C14H8N4O. The van der Waals surface area contributed by atoms with Crippen LogP contribution < -0.4 is 5.32 Å². The number of benzene rings is 1. The minimum atomic E-state index is -0.424. The van der Waals surface area contributed by atoms with E-state index < -0.39 is 5.91 Å². The van der Waals surface area contributed by atoms with Crippen LogP contribution in [0, 0.1) is 22.7 Å². The molecule has 1 aromatic heterocycles. The normalized spacial score (nSPS) is 9.16. The molecule has 0 aliphatic rings. The summed E-state index contributed by atoms with van der Waals surface area (Å²) in [7, 11) is 0. The Morgan fingerprint density at radius 2 is 1.89 bits per heavy atom. The van der Waals surface area contributed by atoms with Crippen molar-refractivity contribution < 1.29 is 4.79 Å². The van der Waals surface area contributed by atoms with Crippen molar-refractivity contribution >= 4 is 11.6 Å². The number of anilines is 1. The Kier molecular flexibility index (Phi) is 3.51. The second-order valence-electron chi connectivity index (χ2n) is 3.66. The molecule has 90 valence electrons. The van der Waals surface area contributed by atoms with Crippen LogP contribution in [0.4, 0.5) is 5.69 Å². The maximum atomic E-state index is 11.9. The van der Waals surface area contributed by atoms with Crippen molar-refractivity contribution in [1.82, 2.24) is 4.98 Å². The van der Waals surface area contributed by atoms with E-state index in [0.29, 0.717) is 16.8 Å². The third-order valence-electron chi connectivity index (χ3n) is 2.42. The van der Waals surface area contributed by atoms with Crippen LogP contribution in [0.2, 0.25) is 0 Å². The highest BCUT2D eigenvalue weighted by Crippen LogP contribution is 2.14. The maximum Gasteiger partial charge on any atom is 0.274 e. The smallest absolute Gasteiger partial charge is 0.274 e. The van der Waals surface area contributed by atoms with Crippen LogP contribution >= 0.6 is 0 Å². The molecule has 0 saturated heterocycles. The van der Waals surface area contributed by atoms with E-state index in [0.717, 1.165) is 0 Å². The molecule has 0 aliphatic heterocycles. The highest BCUT2D eigenvalue weighted by molar-refractivity contribution is 6.03. The molecular weight excluding hydrogens is 240 g/mol. The van der Waals surface area contributed by atoms with Crippen molar-refractivity contribution in [3.05, 3.63) is 59.4 Å². The summed E-state index contributed by atoms with van der Waals surface area (Å²) in [5.41, 5.74) is 1.38. The van der Waals surface area contributed by atoms with E-state index in [4.69, 9.17) is 10.5 Å². The van der Waals surface area contributed by atoms with Gasteiger partial charge in [0.2, 0.25) is 0 Å². The van der Waals surface area contributed by atoms with Crippen LogP contribution in [0.1, 0.15) is 21.6 Å². The van der Waals surface area contributed by atoms with E-state index >= 15 is 0 Å². The van der Waals surface area contributed by atoms with Crippen molar-refractivity contribution in [3.63, 3.8) is 0 Å². The predicted molar refractivity (Wildman–Crippen MR) is 68.1 cm³/mol. The van der Waals surface area contributed by atoms with E-state index in [1.54, 1.807) is 24.3 Å². The predicted octanol–water partition coefficient (Wildman–Crippen LogP) is 2.08. The molecule has 2 rings (SSSR count). The summed E-state index contributed by atoms with van der Waals surface area (Å²) >= 11 is 0. The summed E-state index contributed by atoms with van der Waals surface area (Å²) in [6.07, 6.45) is 1.32. The van der Waals surface area contributed by atoms with Crippen LogP contribution in [-0.4, -0.2) is 10.9 Å². The molecule has 0 atom stereocenters. The fourth-order valence-corrected chi connectivity index (χ4v) is 1.47. The van der Waals surface area contributed by atoms with Gasteiger partial charge in [0.05, 0.1) is 16.8 Å². The van der Waals surface area contributed by atoms with Gasteiger partial charge in [0, 0.05) is 6.20 Å². The molecule has 0 spiro atoms. The topological polar surface area (TPSA) is 89.6 Å². The summed E-state index contributed by atoms with van der Waals surface area (Å²) < 4.78 is 0. The number of hydrogen-bond donors (Lipinski definition) is 1. The van der Waals surface area contributed by atoms with Crippen molar-refractivity contribution in [2.45, 2.75) is 0 Å². The Morgan fingerprint density at radius 1 is 1.11 bits per heavy atom. The molecule has 0 aliphatic carbocycles. The Morgan fingerprint density at radius 3 is 2.53 bits per heavy atom. The summed E-state index contributed by atoms with van der Waals surface area (Å²) in [5.74, 6) is -0.424. The lowest BCUT2D eigenvalue weighted by atomic mass is 10.2. The van der Waals surface area contributed by atoms with Gasteiger partial charge >= 0.3 is 0 Å². The molecule has 2 aromatic rings. The maximum absolute atomic E-state index is 11.9. The molecule has 1 amide bonds. The van der Waals surface area contributed by atoms with Crippen LogP contribution in [0.3, 0.4) is 0 Å². The van der Waals surface area contributed by atoms with Crippen molar-refractivity contribution in [2.24, 2.45) is 0 Å². The zero-order valence-electron chi connectivity index (χ0n) is 9.79. The number of aromatic nitrogens is 1. The second kappa shape index (κ2) is 5.44. The number of carbonyl (C=O) groups excluding carboxylic acids is 1. The largest absolute Gasteiger partial charge is 0.319 e. The molecule has 0 bridgehead atoms. The quantitative estimate of drug-likeness (QED) is 0.880. The number of carbonyl (C=O) groups is 1. The van der Waals surface area contributed by atoms with Gasteiger partial charge in [0.25, 0.3) is 5.91 Å². The van der Waals surface area contributed by atoms with E-state index in [-0.39, 0.29) is 5.69 Å². The number of nitrogens with one attached hydrogen (secondary N) is 1. The number of hydrogen-bond acceptors (Lipinski definition) is 4. The molecule has 0 radical (unpaired) electrons. The average Bonchev–Trinajstić information content (AvgIpc) is 2.48. The van der Waals surface area contributed by atoms with Crippen molar-refractivity contribution in [2.75, 3.05) is 5.32 Å². The number of amides is 1. The number of nitriles is 2. The molecule has 1 heterocycles. The number of rotatable bonds is 2. The second-order valence-corrected chi connectivity index (χ2v) is 3.66. The van der Waals surface area contributed by atoms with Crippen LogP contribution in [-0.2, 0) is 0 Å². The Labute approximate surface area is 109 Å². The molecule has 5 nitrogen and oxygen atoms in total. The zero-order valence-corrected chi connectivity index (χ0v) is 9.79. The lowest BCUT2D eigenvalue weighted by Crippen LogP contribution is -2.14. The third-order valence-corrected chi connectivity index (χ3v) is 2.42.